The molecule has 0 fully saturated rings. The molecule has 0 saturated carbocycles. The number of carboxylic acids is 1. The third-order valence-corrected chi connectivity index (χ3v) is 1.31. The van der Waals surface area contributed by atoms with Crippen LogP contribution < -0.4 is 11.5 Å². The van der Waals surface area contributed by atoms with Gasteiger partial charge in [-0.3, -0.25) is 5.41 Å². The van der Waals surface area contributed by atoms with Crippen molar-refractivity contribution in [1.29, 1.82) is 5.41 Å². The van der Waals surface area contributed by atoms with Crippen molar-refractivity contribution in [3.05, 3.63) is 41.7 Å². The summed E-state index contributed by atoms with van der Waals surface area (Å²) < 4.78 is 12.8. The van der Waals surface area contributed by atoms with Gasteiger partial charge in [0.05, 0.1) is 0 Å². The molecule has 0 bridgehead atoms. The first-order valence-electron chi connectivity index (χ1n) is 4.18. The highest BCUT2D eigenvalue weighted by atomic mass is 35.5. The van der Waals surface area contributed by atoms with Gasteiger partial charge in [0, 0.05) is 11.6 Å². The van der Waals surface area contributed by atoms with E-state index >= 15 is 0 Å². The Morgan fingerprint density at radius 2 is 1.82 bits per heavy atom. The van der Waals surface area contributed by atoms with Crippen molar-refractivity contribution in [2.24, 2.45) is 11.5 Å². The maximum absolute atomic E-state index is 12.8. The molecule has 0 radical (unpaired) electrons. The number of nitrogens with two attached hydrogens (primary N) is 2. The van der Waals surface area contributed by atoms with Crippen LogP contribution in [0.25, 0.3) is 6.08 Å². The van der Waals surface area contributed by atoms with Gasteiger partial charge in [0.2, 0.25) is 0 Å². The van der Waals surface area contributed by atoms with Crippen molar-refractivity contribution < 1.29 is 14.3 Å². The molecule has 5 nitrogen and oxygen atoms in total. The maximum atomic E-state index is 12.8. The average molecular weight is 262 g/mol. The Balaban J connectivity index is 0. The second-order valence-corrected chi connectivity index (χ2v) is 2.65. The minimum Gasteiger partial charge on any atom is -0.478 e. The Hall–Kier alpha value is -2.08. The molecule has 0 saturated heterocycles. The third-order valence-electron chi connectivity index (χ3n) is 1.31. The Labute approximate surface area is 104 Å². The zero-order valence-electron chi connectivity index (χ0n) is 8.76. The molecule has 0 aromatic heterocycles. The molecule has 0 aliphatic carbocycles. The van der Waals surface area contributed by atoms with Gasteiger partial charge < -0.3 is 16.6 Å². The molecule has 6 N–H and O–H groups in total. The van der Waals surface area contributed by atoms with Crippen LogP contribution in [0.3, 0.4) is 0 Å². The summed E-state index contributed by atoms with van der Waals surface area (Å²) in [6.45, 7) is 0. The van der Waals surface area contributed by atoms with Gasteiger partial charge in [-0.2, -0.15) is 0 Å². The number of benzene rings is 1. The molecule has 17 heavy (non-hydrogen) atoms. The van der Waals surface area contributed by atoms with E-state index < -0.39 is 11.8 Å². The van der Waals surface area contributed by atoms with Crippen molar-refractivity contribution in [2.45, 2.75) is 0 Å². The summed E-state index contributed by atoms with van der Waals surface area (Å²) in [5.41, 5.74) is 9.22. The molecular formula is C10H13ClFN3O2. The number of carbonyl (C=O) groups is 1. The monoisotopic (exact) mass is 261 g/mol. The summed E-state index contributed by atoms with van der Waals surface area (Å²) in [7, 11) is 0. The molecule has 1 aromatic rings. The standard InChI is InChI=1S/C9H7FO2.CH5N3.ClH/c10-8-4-2-1-3-7(8)5-6-9(11)12;2-1(3)4;/h1-6H,(H,11,12);(H5,2,3,4);1H/b6-5+;;. The summed E-state index contributed by atoms with van der Waals surface area (Å²) in [5.74, 6) is -1.84. The number of rotatable bonds is 2. The van der Waals surface area contributed by atoms with E-state index in [4.69, 9.17) is 10.5 Å². The minimum absolute atomic E-state index is 0. The minimum atomic E-state index is -1.08. The highest BCUT2D eigenvalue weighted by Gasteiger charge is 1.95. The molecule has 1 rings (SSSR count). The van der Waals surface area contributed by atoms with E-state index in [2.05, 4.69) is 11.5 Å². The van der Waals surface area contributed by atoms with Crippen molar-refractivity contribution in [2.75, 3.05) is 0 Å². The molecule has 0 spiro atoms. The van der Waals surface area contributed by atoms with Crippen LogP contribution in [0.1, 0.15) is 5.56 Å². The predicted octanol–water partition coefficient (Wildman–Crippen LogP) is 1.18. The first-order chi connectivity index (χ1) is 7.43. The smallest absolute Gasteiger partial charge is 0.328 e. The molecule has 0 aliphatic heterocycles. The number of guanidine groups is 1. The average Bonchev–Trinajstić information content (AvgIpc) is 2.15. The maximum Gasteiger partial charge on any atom is 0.328 e. The van der Waals surface area contributed by atoms with Gasteiger partial charge in [-0.1, -0.05) is 18.2 Å². The molecule has 0 aliphatic rings. The van der Waals surface area contributed by atoms with Crippen LogP contribution in [0.4, 0.5) is 4.39 Å². The summed E-state index contributed by atoms with van der Waals surface area (Å²) in [6.07, 6.45) is 2.12. The molecule has 94 valence electrons. The van der Waals surface area contributed by atoms with Crippen molar-refractivity contribution in [3.8, 4) is 0 Å². The van der Waals surface area contributed by atoms with Crippen LogP contribution in [0.15, 0.2) is 30.3 Å². The fourth-order valence-corrected chi connectivity index (χ4v) is 0.771. The van der Waals surface area contributed by atoms with E-state index in [1.165, 1.54) is 18.2 Å². The molecule has 7 heteroatoms. The Kier molecular flexibility index (Phi) is 9.34. The van der Waals surface area contributed by atoms with Gasteiger partial charge in [0.25, 0.3) is 0 Å². The van der Waals surface area contributed by atoms with E-state index in [1.807, 2.05) is 0 Å². The summed E-state index contributed by atoms with van der Waals surface area (Å²) in [4.78, 5) is 10.1. The Morgan fingerprint density at radius 3 is 2.24 bits per heavy atom. The topological polar surface area (TPSA) is 113 Å². The largest absolute Gasteiger partial charge is 0.478 e. The number of carboxylic acid groups (broad SMARTS) is 1. The van der Waals surface area contributed by atoms with E-state index in [1.54, 1.807) is 12.1 Å². The van der Waals surface area contributed by atoms with Gasteiger partial charge in [-0.15, -0.1) is 12.4 Å². The number of nitrogens with one attached hydrogen (secondary N) is 1. The lowest BCUT2D eigenvalue weighted by atomic mass is 10.2. The first-order valence-corrected chi connectivity index (χ1v) is 4.18. The zero-order valence-corrected chi connectivity index (χ0v) is 9.58. The third kappa shape index (κ3) is 10.2. The number of hydrogen-bond acceptors (Lipinski definition) is 2. The second-order valence-electron chi connectivity index (χ2n) is 2.65. The normalized spacial score (nSPS) is 8.76. The van der Waals surface area contributed by atoms with E-state index in [9.17, 15) is 9.18 Å². The van der Waals surface area contributed by atoms with Crippen LogP contribution in [0, 0.1) is 11.2 Å². The fraction of sp³-hybridized carbons (Fsp3) is 0. The lowest BCUT2D eigenvalue weighted by molar-refractivity contribution is -0.131. The highest BCUT2D eigenvalue weighted by Crippen LogP contribution is 2.07. The van der Waals surface area contributed by atoms with E-state index in [-0.39, 0.29) is 23.9 Å². The van der Waals surface area contributed by atoms with Gasteiger partial charge in [-0.25, -0.2) is 9.18 Å². The predicted molar refractivity (Wildman–Crippen MR) is 66.4 cm³/mol. The number of aliphatic carboxylic acids is 1. The van der Waals surface area contributed by atoms with Gasteiger partial charge in [0.1, 0.15) is 5.82 Å². The van der Waals surface area contributed by atoms with Crippen molar-refractivity contribution in [3.63, 3.8) is 0 Å². The van der Waals surface area contributed by atoms with E-state index in [0.717, 1.165) is 6.08 Å². The lowest BCUT2D eigenvalue weighted by Gasteiger charge is -1.92. The van der Waals surface area contributed by atoms with Crippen LogP contribution in [0.2, 0.25) is 0 Å². The van der Waals surface area contributed by atoms with Crippen LogP contribution in [-0.4, -0.2) is 17.0 Å². The zero-order chi connectivity index (χ0) is 12.6. The molecule has 1 aromatic carbocycles. The summed E-state index contributed by atoms with van der Waals surface area (Å²) in [5, 5.41) is 14.3. The number of halogens is 2. The SMILES string of the molecule is Cl.N=C(N)N.O=C(O)/C=C/c1ccccc1F. The van der Waals surface area contributed by atoms with Gasteiger partial charge in [-0.05, 0) is 12.1 Å². The molecule has 0 unspecified atom stereocenters. The quantitative estimate of drug-likeness (QED) is 0.364. The van der Waals surface area contributed by atoms with Gasteiger partial charge >= 0.3 is 5.97 Å². The van der Waals surface area contributed by atoms with Crippen molar-refractivity contribution >= 4 is 30.4 Å². The fourth-order valence-electron chi connectivity index (χ4n) is 0.771. The molecule has 0 atom stereocenters. The summed E-state index contributed by atoms with van der Waals surface area (Å²) in [6, 6.07) is 5.98. The number of hydrogen-bond donors (Lipinski definition) is 4. The molecule has 0 amide bonds. The van der Waals surface area contributed by atoms with Crippen LogP contribution >= 0.6 is 12.4 Å². The molecular weight excluding hydrogens is 249 g/mol. The first kappa shape index (κ1) is 17.3. The van der Waals surface area contributed by atoms with Gasteiger partial charge in [0.15, 0.2) is 5.96 Å². The Morgan fingerprint density at radius 1 is 1.35 bits per heavy atom. The summed E-state index contributed by atoms with van der Waals surface area (Å²) >= 11 is 0. The van der Waals surface area contributed by atoms with Crippen LogP contribution in [-0.2, 0) is 4.79 Å². The second kappa shape index (κ2) is 9.17. The van der Waals surface area contributed by atoms with Crippen molar-refractivity contribution in [1.82, 2.24) is 0 Å². The molecule has 0 heterocycles. The highest BCUT2D eigenvalue weighted by molar-refractivity contribution is 5.85. The van der Waals surface area contributed by atoms with Crippen LogP contribution in [0.5, 0.6) is 0 Å². The Bertz CT molecular complexity index is 406. The lowest BCUT2D eigenvalue weighted by Crippen LogP contribution is -2.20. The van der Waals surface area contributed by atoms with E-state index in [0.29, 0.717) is 0 Å².